The number of carbonyl (C=O) groups is 1. The van der Waals surface area contributed by atoms with E-state index in [-0.39, 0.29) is 5.69 Å². The summed E-state index contributed by atoms with van der Waals surface area (Å²) in [6.07, 6.45) is 1.57. The zero-order chi connectivity index (χ0) is 25.3. The third-order valence-corrected chi connectivity index (χ3v) is 6.20. The molecule has 0 aliphatic rings. The second kappa shape index (κ2) is 9.60. The van der Waals surface area contributed by atoms with Gasteiger partial charge in [0.25, 0.3) is 11.6 Å². The predicted molar refractivity (Wildman–Crippen MR) is 137 cm³/mol. The van der Waals surface area contributed by atoms with Crippen LogP contribution < -0.4 is 5.43 Å². The number of nitro benzene ring substituents is 1. The number of carbonyl (C=O) groups excluding carboxylic acids is 1. The van der Waals surface area contributed by atoms with E-state index in [1.54, 1.807) is 30.5 Å². The van der Waals surface area contributed by atoms with Crippen LogP contribution in [0, 0.1) is 37.8 Å². The van der Waals surface area contributed by atoms with Crippen molar-refractivity contribution in [1.82, 2.24) is 14.6 Å². The van der Waals surface area contributed by atoms with Crippen LogP contribution in [-0.4, -0.2) is 26.2 Å². The van der Waals surface area contributed by atoms with Gasteiger partial charge in [-0.2, -0.15) is 5.10 Å². The number of benzene rings is 2. The van der Waals surface area contributed by atoms with Gasteiger partial charge in [-0.3, -0.25) is 14.9 Å². The normalized spacial score (nSPS) is 11.2. The maximum atomic E-state index is 12.7. The molecule has 1 N–H and O–H groups in total. The van der Waals surface area contributed by atoms with Crippen molar-refractivity contribution >= 4 is 29.4 Å². The Kier molecular flexibility index (Phi) is 6.57. The number of hydrogen-bond donors (Lipinski definition) is 1. The molecule has 4 aromatic rings. The molecule has 0 aliphatic carbocycles. The van der Waals surface area contributed by atoms with E-state index in [1.165, 1.54) is 12.1 Å². The number of non-ortho nitro benzene ring substituents is 1. The molecule has 0 atom stereocenters. The monoisotopic (exact) mass is 489 g/mol. The number of hydrazone groups is 1. The fourth-order valence-corrected chi connectivity index (χ4v) is 4.42. The lowest BCUT2D eigenvalue weighted by Gasteiger charge is -2.11. The minimum Gasteiger partial charge on any atom is -0.318 e. The molecule has 2 heterocycles. The highest BCUT2D eigenvalue weighted by Crippen LogP contribution is 2.24. The van der Waals surface area contributed by atoms with Crippen molar-refractivity contribution in [2.45, 2.75) is 27.7 Å². The number of rotatable bonds is 6. The van der Waals surface area contributed by atoms with Gasteiger partial charge in [0.15, 0.2) is 0 Å². The number of aryl methyl sites for hydroxylation is 3. The molecule has 0 saturated carbocycles. The van der Waals surface area contributed by atoms with Gasteiger partial charge in [-0.15, -0.1) is 0 Å². The minimum atomic E-state index is -0.428. The van der Waals surface area contributed by atoms with E-state index >= 15 is 0 Å². The van der Waals surface area contributed by atoms with Crippen LogP contribution in [0.3, 0.4) is 0 Å². The highest BCUT2D eigenvalue weighted by atomic mass is 35.5. The number of amides is 1. The molecule has 8 nitrogen and oxygen atoms in total. The number of nitrogens with zero attached hydrogens (tertiary/aromatic N) is 4. The molecule has 0 saturated heterocycles. The average Bonchev–Trinajstić information content (AvgIpc) is 3.30. The molecule has 0 unspecified atom stereocenters. The zero-order valence-corrected chi connectivity index (χ0v) is 20.5. The van der Waals surface area contributed by atoms with Crippen molar-refractivity contribution in [1.29, 1.82) is 0 Å². The molecular weight excluding hydrogens is 466 g/mol. The first-order valence-corrected chi connectivity index (χ1v) is 11.3. The van der Waals surface area contributed by atoms with Crippen LogP contribution in [0.25, 0.3) is 11.4 Å². The molecule has 0 spiro atoms. The van der Waals surface area contributed by atoms with Gasteiger partial charge in [-0.1, -0.05) is 11.6 Å². The molecule has 1 amide bonds. The molecule has 35 heavy (non-hydrogen) atoms. The van der Waals surface area contributed by atoms with Crippen molar-refractivity contribution < 1.29 is 9.72 Å². The van der Waals surface area contributed by atoms with E-state index in [0.29, 0.717) is 10.6 Å². The molecule has 4 rings (SSSR count). The summed E-state index contributed by atoms with van der Waals surface area (Å²) >= 11 is 6.42. The summed E-state index contributed by atoms with van der Waals surface area (Å²) in [5.74, 6) is -0.414. The first-order valence-electron chi connectivity index (χ1n) is 10.9. The lowest BCUT2D eigenvalue weighted by molar-refractivity contribution is -0.384. The summed E-state index contributed by atoms with van der Waals surface area (Å²) in [4.78, 5) is 23.2. The van der Waals surface area contributed by atoms with Gasteiger partial charge in [0.1, 0.15) is 0 Å². The highest BCUT2D eigenvalue weighted by molar-refractivity contribution is 6.34. The summed E-state index contributed by atoms with van der Waals surface area (Å²) in [6, 6.07) is 17.6. The third-order valence-electron chi connectivity index (χ3n) is 5.89. The molecular formula is C26H24ClN5O3. The standard InChI is InChI=1S/C26H24ClN5O3/c1-16-5-6-17(2)30(16)23-11-12-24(25(27)14-23)26(33)29-28-15-20-13-18(3)31(19(20)4)21-7-9-22(10-8-21)32(34)35/h5-15H,1-4H3,(H,29,33)/b28-15-. The van der Waals surface area contributed by atoms with Crippen LogP contribution >= 0.6 is 11.6 Å². The van der Waals surface area contributed by atoms with Crippen LogP contribution in [0.5, 0.6) is 0 Å². The van der Waals surface area contributed by atoms with Gasteiger partial charge >= 0.3 is 0 Å². The van der Waals surface area contributed by atoms with Gasteiger partial charge in [-0.05, 0) is 76.2 Å². The Morgan fingerprint density at radius 3 is 2.14 bits per heavy atom. The number of hydrogen-bond acceptors (Lipinski definition) is 4. The number of halogens is 1. The van der Waals surface area contributed by atoms with E-state index in [1.807, 2.05) is 56.5 Å². The zero-order valence-electron chi connectivity index (χ0n) is 19.7. The van der Waals surface area contributed by atoms with E-state index < -0.39 is 10.8 Å². The summed E-state index contributed by atoms with van der Waals surface area (Å²) < 4.78 is 4.03. The Morgan fingerprint density at radius 1 is 0.914 bits per heavy atom. The SMILES string of the molecule is Cc1ccc(C)n1-c1ccc(C(=O)N/N=C\c2cc(C)n(-c3ccc([N+](=O)[O-])cc3)c2C)c(Cl)c1. The van der Waals surface area contributed by atoms with Gasteiger partial charge in [0.2, 0.25) is 0 Å². The third kappa shape index (κ3) is 4.74. The summed E-state index contributed by atoms with van der Waals surface area (Å²) in [6.45, 7) is 7.86. The average molecular weight is 490 g/mol. The van der Waals surface area contributed by atoms with Gasteiger partial charge < -0.3 is 9.13 Å². The second-order valence-electron chi connectivity index (χ2n) is 8.25. The molecule has 0 radical (unpaired) electrons. The number of nitro groups is 1. The largest absolute Gasteiger partial charge is 0.318 e. The van der Waals surface area contributed by atoms with Crippen LogP contribution in [0.1, 0.15) is 38.7 Å². The quantitative estimate of drug-likeness (QED) is 0.210. The first-order chi connectivity index (χ1) is 16.7. The lowest BCUT2D eigenvalue weighted by Crippen LogP contribution is -2.18. The lowest BCUT2D eigenvalue weighted by atomic mass is 10.2. The summed E-state index contributed by atoms with van der Waals surface area (Å²) in [5, 5.41) is 15.4. The molecule has 0 fully saturated rings. The Bertz CT molecular complexity index is 1450. The van der Waals surface area contributed by atoms with Gasteiger partial charge in [0, 0.05) is 51.8 Å². The van der Waals surface area contributed by atoms with Crippen molar-refractivity contribution in [3.05, 3.63) is 110 Å². The summed E-state index contributed by atoms with van der Waals surface area (Å²) in [5.41, 5.74) is 9.35. The van der Waals surface area contributed by atoms with Crippen molar-refractivity contribution in [2.24, 2.45) is 5.10 Å². The Balaban J connectivity index is 1.50. The van der Waals surface area contributed by atoms with E-state index in [2.05, 4.69) is 15.1 Å². The fraction of sp³-hybridized carbons (Fsp3) is 0.154. The fourth-order valence-electron chi connectivity index (χ4n) is 4.16. The maximum Gasteiger partial charge on any atom is 0.272 e. The molecule has 0 aliphatic heterocycles. The summed E-state index contributed by atoms with van der Waals surface area (Å²) in [7, 11) is 0. The van der Waals surface area contributed by atoms with Crippen LogP contribution in [0.2, 0.25) is 5.02 Å². The molecule has 0 bridgehead atoms. The van der Waals surface area contributed by atoms with Crippen LogP contribution in [-0.2, 0) is 0 Å². The Morgan fingerprint density at radius 2 is 1.54 bits per heavy atom. The van der Waals surface area contributed by atoms with Gasteiger partial charge in [0.05, 0.1) is 21.7 Å². The molecule has 9 heteroatoms. The second-order valence-corrected chi connectivity index (χ2v) is 8.66. The smallest absolute Gasteiger partial charge is 0.272 e. The minimum absolute atomic E-state index is 0.0334. The predicted octanol–water partition coefficient (Wildman–Crippen LogP) is 5.83. The van der Waals surface area contributed by atoms with Crippen molar-refractivity contribution in [3.63, 3.8) is 0 Å². The molecule has 2 aromatic carbocycles. The number of nitrogens with one attached hydrogen (secondary N) is 1. The first kappa shape index (κ1) is 24.0. The molecule has 178 valence electrons. The maximum absolute atomic E-state index is 12.7. The van der Waals surface area contributed by atoms with Crippen LogP contribution in [0.4, 0.5) is 5.69 Å². The highest BCUT2D eigenvalue weighted by Gasteiger charge is 2.14. The van der Waals surface area contributed by atoms with E-state index in [4.69, 9.17) is 11.6 Å². The van der Waals surface area contributed by atoms with E-state index in [9.17, 15) is 14.9 Å². The number of aromatic nitrogens is 2. The van der Waals surface area contributed by atoms with E-state index in [0.717, 1.165) is 39.7 Å². The van der Waals surface area contributed by atoms with Crippen LogP contribution in [0.15, 0.2) is 65.8 Å². The topological polar surface area (TPSA) is 94.5 Å². The Hall–Kier alpha value is -4.17. The van der Waals surface area contributed by atoms with Crippen molar-refractivity contribution in [3.8, 4) is 11.4 Å². The molecule has 2 aromatic heterocycles. The Labute approximate surface area is 207 Å². The van der Waals surface area contributed by atoms with Gasteiger partial charge in [-0.25, -0.2) is 5.43 Å². The van der Waals surface area contributed by atoms with Crippen molar-refractivity contribution in [2.75, 3.05) is 0 Å².